The Bertz CT molecular complexity index is 605. The summed E-state index contributed by atoms with van der Waals surface area (Å²) in [5.41, 5.74) is 1.59. The lowest BCUT2D eigenvalue weighted by atomic mass is 9.46. The molecule has 4 nitrogen and oxygen atoms in total. The summed E-state index contributed by atoms with van der Waals surface area (Å²) in [6.45, 7) is 8.91. The van der Waals surface area contributed by atoms with Gasteiger partial charge in [0.25, 0.3) is 0 Å². The van der Waals surface area contributed by atoms with Crippen LogP contribution in [0.5, 0.6) is 0 Å². The van der Waals surface area contributed by atoms with E-state index in [2.05, 4.69) is 19.6 Å². The summed E-state index contributed by atoms with van der Waals surface area (Å²) >= 11 is 0. The third-order valence-corrected chi connectivity index (χ3v) is 6.74. The van der Waals surface area contributed by atoms with Gasteiger partial charge in [-0.05, 0) is 42.6 Å². The minimum Gasteiger partial charge on any atom is -0.458 e. The molecule has 0 radical (unpaired) electrons. The lowest BCUT2D eigenvalue weighted by Crippen LogP contribution is -2.57. The fourth-order valence-corrected chi connectivity index (χ4v) is 5.20. The second-order valence-corrected chi connectivity index (χ2v) is 8.14. The Labute approximate surface area is 143 Å². The smallest absolute Gasteiger partial charge is 0.331 e. The van der Waals surface area contributed by atoms with Crippen molar-refractivity contribution in [3.63, 3.8) is 0 Å². The van der Waals surface area contributed by atoms with Crippen molar-refractivity contribution < 1.29 is 19.7 Å². The largest absolute Gasteiger partial charge is 0.458 e. The number of carbonyl (C=O) groups excluding carboxylic acids is 1. The fraction of sp³-hybridized carbons (Fsp3) is 0.650. The molecule has 132 valence electrons. The van der Waals surface area contributed by atoms with Crippen LogP contribution in [0.15, 0.2) is 36.0 Å². The molecular weight excluding hydrogens is 304 g/mol. The van der Waals surface area contributed by atoms with Gasteiger partial charge in [0.05, 0.1) is 12.7 Å². The number of ether oxygens (including phenoxy) is 1. The molecule has 0 aromatic carbocycles. The summed E-state index contributed by atoms with van der Waals surface area (Å²) in [4.78, 5) is 11.2. The number of rotatable bonds is 3. The highest BCUT2D eigenvalue weighted by molar-refractivity contribution is 5.85. The lowest BCUT2D eigenvalue weighted by Gasteiger charge is -2.59. The Hall–Kier alpha value is -1.39. The number of hydrogen-bond acceptors (Lipinski definition) is 4. The summed E-state index contributed by atoms with van der Waals surface area (Å²) in [6, 6.07) is 0. The second-order valence-electron chi connectivity index (χ2n) is 8.14. The van der Waals surface area contributed by atoms with Gasteiger partial charge in [-0.2, -0.15) is 0 Å². The van der Waals surface area contributed by atoms with Crippen molar-refractivity contribution >= 4 is 5.97 Å². The van der Waals surface area contributed by atoms with E-state index < -0.39 is 11.5 Å². The van der Waals surface area contributed by atoms with E-state index in [0.29, 0.717) is 13.0 Å². The van der Waals surface area contributed by atoms with Gasteiger partial charge in [-0.15, -0.1) is 0 Å². The van der Waals surface area contributed by atoms with Gasteiger partial charge in [-0.1, -0.05) is 38.2 Å². The molecule has 3 rings (SSSR count). The van der Waals surface area contributed by atoms with E-state index in [1.165, 1.54) is 11.6 Å². The van der Waals surface area contributed by atoms with Gasteiger partial charge in [-0.25, -0.2) is 4.79 Å². The Kier molecular flexibility index (Phi) is 4.47. The number of fused-ring (bicyclic) bond motifs is 1. The zero-order chi connectivity index (χ0) is 17.5. The maximum absolute atomic E-state index is 11.2. The van der Waals surface area contributed by atoms with Crippen LogP contribution in [0.4, 0.5) is 0 Å². The fourth-order valence-electron chi connectivity index (χ4n) is 5.20. The van der Waals surface area contributed by atoms with Crippen LogP contribution in [0, 0.1) is 22.7 Å². The van der Waals surface area contributed by atoms with E-state index in [1.54, 1.807) is 0 Å². The van der Waals surface area contributed by atoms with Gasteiger partial charge in [0.2, 0.25) is 0 Å². The molecule has 1 aliphatic heterocycles. The van der Waals surface area contributed by atoms with Crippen molar-refractivity contribution in [1.29, 1.82) is 0 Å². The highest BCUT2D eigenvalue weighted by Gasteiger charge is 2.57. The van der Waals surface area contributed by atoms with Crippen LogP contribution in [0.1, 0.15) is 39.5 Å². The third kappa shape index (κ3) is 2.66. The van der Waals surface area contributed by atoms with E-state index in [4.69, 9.17) is 4.74 Å². The average Bonchev–Trinajstić information content (AvgIpc) is 2.96. The van der Waals surface area contributed by atoms with Crippen LogP contribution in [-0.2, 0) is 9.53 Å². The second kappa shape index (κ2) is 6.16. The highest BCUT2D eigenvalue weighted by Crippen LogP contribution is 2.61. The molecule has 0 saturated heterocycles. The molecule has 0 bridgehead atoms. The van der Waals surface area contributed by atoms with Crippen LogP contribution < -0.4 is 0 Å². The summed E-state index contributed by atoms with van der Waals surface area (Å²) in [5.74, 6) is 0.149. The molecule has 2 N–H and O–H groups in total. The van der Waals surface area contributed by atoms with Gasteiger partial charge in [0.15, 0.2) is 0 Å². The molecule has 0 amide bonds. The molecule has 24 heavy (non-hydrogen) atoms. The number of cyclic esters (lactones) is 1. The SMILES string of the molecule is C=C1CC[C@H]2[C@](C)(CO)[C@H](O)CC[C@@]2(C)[C@H]1/C=C/C1=CC(=O)OC1. The first-order valence-electron chi connectivity index (χ1n) is 8.83. The quantitative estimate of drug-likeness (QED) is 0.616. The molecule has 2 saturated carbocycles. The van der Waals surface area contributed by atoms with Gasteiger partial charge >= 0.3 is 5.97 Å². The minimum absolute atomic E-state index is 0.00479. The average molecular weight is 332 g/mol. The Balaban J connectivity index is 1.91. The Morgan fingerprint density at radius 1 is 1.42 bits per heavy atom. The van der Waals surface area contributed by atoms with Crippen molar-refractivity contribution in [3.8, 4) is 0 Å². The topological polar surface area (TPSA) is 66.8 Å². The van der Waals surface area contributed by atoms with Crippen LogP contribution in [0.2, 0.25) is 0 Å². The number of esters is 1. The van der Waals surface area contributed by atoms with Crippen molar-refractivity contribution in [2.75, 3.05) is 13.2 Å². The minimum atomic E-state index is -0.467. The number of aliphatic hydroxyl groups excluding tert-OH is 2. The molecule has 3 aliphatic rings. The molecular formula is C20H28O4. The third-order valence-electron chi connectivity index (χ3n) is 6.74. The number of hydrogen-bond donors (Lipinski definition) is 2. The molecule has 1 heterocycles. The van der Waals surface area contributed by atoms with E-state index in [0.717, 1.165) is 24.8 Å². The molecule has 2 fully saturated rings. The number of allylic oxidation sites excluding steroid dienone is 2. The van der Waals surface area contributed by atoms with Gasteiger partial charge in [-0.3, -0.25) is 0 Å². The Morgan fingerprint density at radius 3 is 2.79 bits per heavy atom. The number of carbonyl (C=O) groups is 1. The van der Waals surface area contributed by atoms with E-state index in [-0.39, 0.29) is 29.8 Å². The zero-order valence-electron chi connectivity index (χ0n) is 14.6. The maximum atomic E-state index is 11.2. The maximum Gasteiger partial charge on any atom is 0.331 e. The van der Waals surface area contributed by atoms with Crippen LogP contribution in [0.25, 0.3) is 0 Å². The van der Waals surface area contributed by atoms with E-state index in [9.17, 15) is 15.0 Å². The van der Waals surface area contributed by atoms with Crippen molar-refractivity contribution in [2.24, 2.45) is 22.7 Å². The van der Waals surface area contributed by atoms with E-state index >= 15 is 0 Å². The predicted molar refractivity (Wildman–Crippen MR) is 92.1 cm³/mol. The number of aliphatic hydroxyl groups is 2. The summed E-state index contributed by atoms with van der Waals surface area (Å²) in [5, 5.41) is 20.5. The van der Waals surface area contributed by atoms with Crippen LogP contribution >= 0.6 is 0 Å². The van der Waals surface area contributed by atoms with E-state index in [1.807, 2.05) is 13.0 Å². The molecule has 0 aromatic rings. The Morgan fingerprint density at radius 2 is 2.17 bits per heavy atom. The lowest BCUT2D eigenvalue weighted by molar-refractivity contribution is -0.145. The zero-order valence-corrected chi connectivity index (χ0v) is 14.6. The first-order valence-corrected chi connectivity index (χ1v) is 8.83. The first-order chi connectivity index (χ1) is 11.3. The van der Waals surface area contributed by atoms with Gasteiger partial charge in [0, 0.05) is 17.4 Å². The van der Waals surface area contributed by atoms with Crippen molar-refractivity contribution in [1.82, 2.24) is 0 Å². The van der Waals surface area contributed by atoms with Crippen molar-refractivity contribution in [3.05, 3.63) is 36.0 Å². The normalized spacial score (nSPS) is 42.8. The van der Waals surface area contributed by atoms with Gasteiger partial charge < -0.3 is 14.9 Å². The van der Waals surface area contributed by atoms with Crippen molar-refractivity contribution in [2.45, 2.75) is 45.6 Å². The predicted octanol–water partition coefficient (Wildman–Crippen LogP) is 2.77. The van der Waals surface area contributed by atoms with Crippen LogP contribution in [-0.4, -0.2) is 35.5 Å². The van der Waals surface area contributed by atoms with Crippen LogP contribution in [0.3, 0.4) is 0 Å². The molecule has 0 aromatic heterocycles. The summed E-state index contributed by atoms with van der Waals surface area (Å²) in [7, 11) is 0. The highest BCUT2D eigenvalue weighted by atomic mass is 16.5. The summed E-state index contributed by atoms with van der Waals surface area (Å²) < 4.78 is 4.96. The standard InChI is InChI=1S/C20H28O4/c1-13-4-7-16-19(2,9-8-17(22)20(16,3)12-21)15(13)6-5-14-10-18(23)24-11-14/h5-6,10,15-17,21-22H,1,4,7-9,11-12H2,2-3H3/b6-5+/t15-,16+,17+,19-,20-/m0/s1. The molecule has 0 unspecified atom stereocenters. The monoisotopic (exact) mass is 332 g/mol. The summed E-state index contributed by atoms with van der Waals surface area (Å²) in [6.07, 6.45) is 8.69. The van der Waals surface area contributed by atoms with Gasteiger partial charge in [0.1, 0.15) is 6.61 Å². The molecule has 0 spiro atoms. The molecule has 4 heteroatoms. The molecule has 2 aliphatic carbocycles. The first kappa shape index (κ1) is 17.4. The molecule has 5 atom stereocenters.